The summed E-state index contributed by atoms with van der Waals surface area (Å²) in [6.07, 6.45) is 58.7. The number of amides is 1. The Morgan fingerprint density at radius 3 is 1.11 bits per heavy atom. The number of carbonyl (C=O) groups is 1. The van der Waals surface area contributed by atoms with Gasteiger partial charge in [0.25, 0.3) is 0 Å². The lowest BCUT2D eigenvalue weighted by Crippen LogP contribution is -2.48. The van der Waals surface area contributed by atoms with Gasteiger partial charge in [0.15, 0.2) is 0 Å². The lowest BCUT2D eigenvalue weighted by Gasteiger charge is -2.21. The molecule has 0 aliphatic heterocycles. The summed E-state index contributed by atoms with van der Waals surface area (Å²) < 4.78 is 0. The number of aliphatic hydroxyl groups excluding tert-OH is 3. The van der Waals surface area contributed by atoms with Crippen LogP contribution in [0.4, 0.5) is 0 Å². The van der Waals surface area contributed by atoms with E-state index in [-0.39, 0.29) is 6.61 Å². The maximum Gasteiger partial charge on any atom is 0.249 e. The predicted molar refractivity (Wildman–Crippen MR) is 241 cm³/mol. The molecule has 3 atom stereocenters. The van der Waals surface area contributed by atoms with Crippen LogP contribution in [-0.2, 0) is 4.79 Å². The highest BCUT2D eigenvalue weighted by molar-refractivity contribution is 5.80. The Labute approximate surface area is 342 Å². The molecule has 0 aliphatic carbocycles. The fourth-order valence-corrected chi connectivity index (χ4v) is 7.09. The van der Waals surface area contributed by atoms with E-state index in [2.05, 4.69) is 55.6 Å². The van der Waals surface area contributed by atoms with Gasteiger partial charge < -0.3 is 20.6 Å². The van der Waals surface area contributed by atoms with E-state index in [0.29, 0.717) is 6.42 Å². The van der Waals surface area contributed by atoms with Crippen LogP contribution >= 0.6 is 0 Å². The van der Waals surface area contributed by atoms with Gasteiger partial charge in [-0.1, -0.05) is 217 Å². The van der Waals surface area contributed by atoms with E-state index in [9.17, 15) is 20.1 Å². The number of aliphatic hydroxyl groups is 3. The maximum atomic E-state index is 12.5. The van der Waals surface area contributed by atoms with Crippen LogP contribution in [0.25, 0.3) is 0 Å². The number of hydrogen-bond donors (Lipinski definition) is 4. The van der Waals surface area contributed by atoms with Crippen molar-refractivity contribution in [3.05, 3.63) is 48.6 Å². The van der Waals surface area contributed by atoms with E-state index in [0.717, 1.165) is 44.9 Å². The number of nitrogens with one attached hydrogen (secondary N) is 1. The zero-order valence-corrected chi connectivity index (χ0v) is 36.6. The molecular weight excluding hydrogens is 679 g/mol. The van der Waals surface area contributed by atoms with Crippen LogP contribution in [0.3, 0.4) is 0 Å². The van der Waals surface area contributed by atoms with Crippen LogP contribution in [0.15, 0.2) is 48.6 Å². The van der Waals surface area contributed by atoms with Gasteiger partial charge in [-0.3, -0.25) is 4.79 Å². The molecule has 0 saturated carbocycles. The Morgan fingerprint density at radius 2 is 0.745 bits per heavy atom. The Morgan fingerprint density at radius 1 is 0.436 bits per heavy atom. The standard InChI is InChI=1S/C50H93NO4/c1-3-5-7-9-11-13-15-17-19-20-21-22-23-24-25-26-27-28-29-31-33-35-37-39-41-43-45-49(54)50(55)51-47(46-52)48(53)44-42-40-38-36-34-32-30-18-16-14-12-10-8-6-4-2/h16,18,24-25,34,36,42,44,47-49,52-54H,3-15,17,19-23,26-33,35,37-41,43,45-46H2,1-2H3,(H,51,55)/b18-16+,25-24-,36-34+,44-42+. The van der Waals surface area contributed by atoms with Crippen molar-refractivity contribution in [1.29, 1.82) is 0 Å². The smallest absolute Gasteiger partial charge is 0.249 e. The molecule has 0 spiro atoms. The van der Waals surface area contributed by atoms with Crippen LogP contribution in [0.5, 0.6) is 0 Å². The second-order valence-electron chi connectivity index (χ2n) is 16.3. The van der Waals surface area contributed by atoms with Gasteiger partial charge in [0.2, 0.25) is 5.91 Å². The van der Waals surface area contributed by atoms with Crippen LogP contribution in [0, 0.1) is 0 Å². The summed E-state index contributed by atoms with van der Waals surface area (Å²) in [5.41, 5.74) is 0. The van der Waals surface area contributed by atoms with Crippen molar-refractivity contribution >= 4 is 5.91 Å². The number of unbranched alkanes of at least 4 members (excludes halogenated alkanes) is 29. The first kappa shape index (κ1) is 53.3. The van der Waals surface area contributed by atoms with E-state index in [1.165, 1.54) is 173 Å². The first-order valence-electron chi connectivity index (χ1n) is 24.0. The minimum absolute atomic E-state index is 0.382. The third-order valence-corrected chi connectivity index (χ3v) is 10.9. The Hall–Kier alpha value is -1.69. The van der Waals surface area contributed by atoms with Crippen molar-refractivity contribution in [2.24, 2.45) is 0 Å². The average Bonchev–Trinajstić information content (AvgIpc) is 3.19. The van der Waals surface area contributed by atoms with Gasteiger partial charge in [0, 0.05) is 0 Å². The minimum atomic E-state index is -1.11. The van der Waals surface area contributed by atoms with Crippen LogP contribution in [0.1, 0.15) is 239 Å². The fourth-order valence-electron chi connectivity index (χ4n) is 7.09. The zero-order chi connectivity index (χ0) is 40.1. The molecule has 55 heavy (non-hydrogen) atoms. The van der Waals surface area contributed by atoms with Gasteiger partial charge in [0.05, 0.1) is 18.8 Å². The van der Waals surface area contributed by atoms with E-state index in [1.54, 1.807) is 6.08 Å². The van der Waals surface area contributed by atoms with Crippen molar-refractivity contribution in [2.45, 2.75) is 257 Å². The Balaban J connectivity index is 3.65. The molecule has 322 valence electrons. The second-order valence-corrected chi connectivity index (χ2v) is 16.3. The number of allylic oxidation sites excluding steroid dienone is 7. The summed E-state index contributed by atoms with van der Waals surface area (Å²) in [5, 5.41) is 33.1. The topological polar surface area (TPSA) is 89.8 Å². The molecular formula is C50H93NO4. The SMILES string of the molecule is CCCCCCC/C=C/CC/C=C/CC/C=C/C(O)C(CO)NC(=O)C(O)CCCCCCCCCCCC/C=C\CCCCCCCCCCCCCC. The summed E-state index contributed by atoms with van der Waals surface area (Å²) in [6.45, 7) is 4.16. The first-order chi connectivity index (χ1) is 27.1. The highest BCUT2D eigenvalue weighted by Crippen LogP contribution is 2.15. The van der Waals surface area contributed by atoms with Gasteiger partial charge in [-0.05, 0) is 70.6 Å². The summed E-state index contributed by atoms with van der Waals surface area (Å²) in [4.78, 5) is 12.5. The molecule has 0 heterocycles. The number of carbonyl (C=O) groups excluding carboxylic acids is 1. The van der Waals surface area contributed by atoms with Crippen molar-refractivity contribution in [2.75, 3.05) is 6.61 Å². The molecule has 0 aromatic rings. The van der Waals surface area contributed by atoms with Gasteiger partial charge >= 0.3 is 0 Å². The van der Waals surface area contributed by atoms with E-state index >= 15 is 0 Å². The van der Waals surface area contributed by atoms with Crippen LogP contribution in [0.2, 0.25) is 0 Å². The predicted octanol–water partition coefficient (Wildman–Crippen LogP) is 14.1. The molecule has 0 aromatic heterocycles. The Bertz CT molecular complexity index is 896. The van der Waals surface area contributed by atoms with E-state index in [4.69, 9.17) is 0 Å². The van der Waals surface area contributed by atoms with Crippen molar-refractivity contribution in [3.8, 4) is 0 Å². The normalized spacial score (nSPS) is 13.9. The number of hydrogen-bond acceptors (Lipinski definition) is 4. The van der Waals surface area contributed by atoms with Gasteiger partial charge in [0.1, 0.15) is 6.10 Å². The lowest BCUT2D eigenvalue weighted by atomic mass is 10.0. The van der Waals surface area contributed by atoms with Crippen LogP contribution in [-0.4, -0.2) is 46.1 Å². The van der Waals surface area contributed by atoms with E-state index in [1.807, 2.05) is 6.08 Å². The average molecular weight is 772 g/mol. The summed E-state index contributed by atoms with van der Waals surface area (Å²) in [6, 6.07) is -0.822. The monoisotopic (exact) mass is 772 g/mol. The van der Waals surface area contributed by atoms with Gasteiger partial charge in [-0.15, -0.1) is 0 Å². The highest BCUT2D eigenvalue weighted by Gasteiger charge is 2.22. The number of rotatable bonds is 43. The fraction of sp³-hybridized carbons (Fsp3) is 0.820. The molecule has 1 amide bonds. The minimum Gasteiger partial charge on any atom is -0.394 e. The van der Waals surface area contributed by atoms with Crippen molar-refractivity contribution < 1.29 is 20.1 Å². The van der Waals surface area contributed by atoms with Gasteiger partial charge in [-0.2, -0.15) is 0 Å². The molecule has 0 radical (unpaired) electrons. The maximum absolute atomic E-state index is 12.5. The molecule has 3 unspecified atom stereocenters. The molecule has 0 bridgehead atoms. The summed E-state index contributed by atoms with van der Waals surface area (Å²) in [5.74, 6) is -0.518. The molecule has 0 aliphatic rings. The third kappa shape index (κ3) is 40.3. The lowest BCUT2D eigenvalue weighted by molar-refractivity contribution is -0.131. The Kier molecular flexibility index (Phi) is 43.6. The molecule has 4 N–H and O–H groups in total. The molecule has 0 aromatic carbocycles. The van der Waals surface area contributed by atoms with Crippen LogP contribution < -0.4 is 5.32 Å². The zero-order valence-electron chi connectivity index (χ0n) is 36.6. The largest absolute Gasteiger partial charge is 0.394 e. The third-order valence-electron chi connectivity index (χ3n) is 10.9. The van der Waals surface area contributed by atoms with Gasteiger partial charge in [-0.25, -0.2) is 0 Å². The summed E-state index contributed by atoms with van der Waals surface area (Å²) in [7, 11) is 0. The molecule has 0 rings (SSSR count). The summed E-state index contributed by atoms with van der Waals surface area (Å²) >= 11 is 0. The highest BCUT2D eigenvalue weighted by atomic mass is 16.3. The second kappa shape index (κ2) is 45.0. The van der Waals surface area contributed by atoms with Crippen molar-refractivity contribution in [3.63, 3.8) is 0 Å². The molecule has 0 saturated heterocycles. The molecule has 0 fully saturated rings. The molecule has 5 nitrogen and oxygen atoms in total. The molecule has 5 heteroatoms. The quantitative estimate of drug-likeness (QED) is 0.0367. The van der Waals surface area contributed by atoms with Crippen molar-refractivity contribution in [1.82, 2.24) is 5.32 Å². The van der Waals surface area contributed by atoms with E-state index < -0.39 is 24.2 Å². The first-order valence-corrected chi connectivity index (χ1v) is 24.0.